The number of rotatable bonds is 7. The monoisotopic (exact) mass is 490 g/mol. The van der Waals surface area contributed by atoms with Gasteiger partial charge in [0.25, 0.3) is 0 Å². The number of carbonyl (C=O) groups excluding carboxylic acids is 2. The van der Waals surface area contributed by atoms with Crippen LogP contribution in [0.1, 0.15) is 17.3 Å². The standard InChI is InChI=1S/C20H19BrN4O4S/c1-3-25-18(14-10-12(21)8-9-16(14)26)23-24-20(25)30-11-17(27)22-15-7-5-4-6-13(15)19(28)29-2/h4-10,26H,3,11H2,1-2H3,(H,22,27). The number of benzene rings is 2. The fourth-order valence-electron chi connectivity index (χ4n) is 2.76. The Labute approximate surface area is 185 Å². The minimum Gasteiger partial charge on any atom is -0.507 e. The van der Waals surface area contributed by atoms with Gasteiger partial charge in [-0.15, -0.1) is 10.2 Å². The summed E-state index contributed by atoms with van der Waals surface area (Å²) >= 11 is 4.60. The van der Waals surface area contributed by atoms with E-state index in [4.69, 9.17) is 4.74 Å². The summed E-state index contributed by atoms with van der Waals surface area (Å²) in [5.41, 5.74) is 1.20. The van der Waals surface area contributed by atoms with Crippen molar-refractivity contribution in [1.82, 2.24) is 14.8 Å². The van der Waals surface area contributed by atoms with Gasteiger partial charge >= 0.3 is 5.97 Å². The van der Waals surface area contributed by atoms with Crippen LogP contribution < -0.4 is 5.32 Å². The highest BCUT2D eigenvalue weighted by molar-refractivity contribution is 9.10. The lowest BCUT2D eigenvalue weighted by molar-refractivity contribution is -0.113. The molecule has 0 aliphatic rings. The Morgan fingerprint density at radius 3 is 2.73 bits per heavy atom. The summed E-state index contributed by atoms with van der Waals surface area (Å²) in [5, 5.41) is 21.8. The molecule has 1 heterocycles. The van der Waals surface area contributed by atoms with Crippen molar-refractivity contribution in [2.75, 3.05) is 18.2 Å². The maximum atomic E-state index is 12.4. The third kappa shape index (κ3) is 4.82. The van der Waals surface area contributed by atoms with E-state index in [0.717, 1.165) is 4.47 Å². The van der Waals surface area contributed by atoms with Crippen LogP contribution in [0.2, 0.25) is 0 Å². The van der Waals surface area contributed by atoms with Crippen LogP contribution in [-0.2, 0) is 16.1 Å². The van der Waals surface area contributed by atoms with E-state index in [1.165, 1.54) is 18.9 Å². The zero-order chi connectivity index (χ0) is 21.7. The number of methoxy groups -OCH3 is 1. The summed E-state index contributed by atoms with van der Waals surface area (Å²) in [4.78, 5) is 24.3. The lowest BCUT2D eigenvalue weighted by Crippen LogP contribution is -2.17. The maximum Gasteiger partial charge on any atom is 0.339 e. The number of carbonyl (C=O) groups is 2. The number of esters is 1. The average molecular weight is 491 g/mol. The lowest BCUT2D eigenvalue weighted by Gasteiger charge is -2.10. The molecule has 8 nitrogen and oxygen atoms in total. The molecule has 1 amide bonds. The smallest absolute Gasteiger partial charge is 0.339 e. The van der Waals surface area contributed by atoms with Crippen molar-refractivity contribution in [1.29, 1.82) is 0 Å². The summed E-state index contributed by atoms with van der Waals surface area (Å²) in [6, 6.07) is 11.7. The Bertz CT molecular complexity index is 1090. The minimum atomic E-state index is -0.525. The van der Waals surface area contributed by atoms with Crippen LogP contribution in [0.25, 0.3) is 11.4 Å². The molecule has 3 rings (SSSR count). The fourth-order valence-corrected chi connectivity index (χ4v) is 3.93. The first kappa shape index (κ1) is 21.8. The molecule has 0 atom stereocenters. The fraction of sp³-hybridized carbons (Fsp3) is 0.200. The van der Waals surface area contributed by atoms with Crippen molar-refractivity contribution < 1.29 is 19.4 Å². The van der Waals surface area contributed by atoms with Crippen LogP contribution in [0.3, 0.4) is 0 Å². The van der Waals surface area contributed by atoms with E-state index in [2.05, 4.69) is 31.4 Å². The van der Waals surface area contributed by atoms with E-state index in [1.807, 2.05) is 11.5 Å². The van der Waals surface area contributed by atoms with Crippen LogP contribution in [0, 0.1) is 0 Å². The predicted octanol–water partition coefficient (Wildman–Crippen LogP) is 3.95. The molecule has 3 aromatic rings. The van der Waals surface area contributed by atoms with Gasteiger partial charge in [-0.1, -0.05) is 39.8 Å². The number of phenolic OH excluding ortho intramolecular Hbond substituents is 1. The Hall–Kier alpha value is -2.85. The second kappa shape index (κ2) is 9.77. The van der Waals surface area contributed by atoms with Crippen molar-refractivity contribution in [2.45, 2.75) is 18.6 Å². The first-order chi connectivity index (χ1) is 14.4. The Morgan fingerprint density at radius 2 is 2.00 bits per heavy atom. The molecule has 2 aromatic carbocycles. The molecule has 2 N–H and O–H groups in total. The molecule has 0 aliphatic heterocycles. The zero-order valence-corrected chi connectivity index (χ0v) is 18.7. The molecule has 1 aromatic heterocycles. The number of nitrogens with one attached hydrogen (secondary N) is 1. The molecule has 10 heteroatoms. The lowest BCUT2D eigenvalue weighted by atomic mass is 10.2. The van der Waals surface area contributed by atoms with Crippen molar-refractivity contribution >= 4 is 45.3 Å². The van der Waals surface area contributed by atoms with Gasteiger partial charge in [0.05, 0.1) is 29.7 Å². The Balaban J connectivity index is 1.74. The number of thioether (sulfide) groups is 1. The van der Waals surface area contributed by atoms with Gasteiger partial charge in [-0.2, -0.15) is 0 Å². The first-order valence-corrected chi connectivity index (χ1v) is 10.7. The van der Waals surface area contributed by atoms with Crippen molar-refractivity contribution in [3.63, 3.8) is 0 Å². The number of nitrogens with zero attached hydrogens (tertiary/aromatic N) is 3. The molecule has 0 fully saturated rings. The van der Waals surface area contributed by atoms with Crippen LogP contribution in [-0.4, -0.2) is 44.6 Å². The number of phenols is 1. The SMILES string of the molecule is CCn1c(SCC(=O)Nc2ccccc2C(=O)OC)nnc1-c1cc(Br)ccc1O. The van der Waals surface area contributed by atoms with Gasteiger partial charge in [0.15, 0.2) is 11.0 Å². The summed E-state index contributed by atoms with van der Waals surface area (Å²) in [5.74, 6) is -0.154. The van der Waals surface area contributed by atoms with Crippen molar-refractivity contribution in [3.8, 4) is 17.1 Å². The first-order valence-electron chi connectivity index (χ1n) is 8.96. The number of halogens is 1. The number of anilines is 1. The van der Waals surface area contributed by atoms with E-state index in [1.54, 1.807) is 42.5 Å². The molecule has 156 valence electrons. The van der Waals surface area contributed by atoms with Crippen LogP contribution in [0.4, 0.5) is 5.69 Å². The number of ether oxygens (including phenoxy) is 1. The molecule has 0 unspecified atom stereocenters. The number of aromatic hydroxyl groups is 1. The van der Waals surface area contributed by atoms with Crippen molar-refractivity contribution in [3.05, 3.63) is 52.5 Å². The second-order valence-electron chi connectivity index (χ2n) is 6.09. The van der Waals surface area contributed by atoms with E-state index < -0.39 is 5.97 Å². The molecular formula is C20H19BrN4O4S. The molecular weight excluding hydrogens is 472 g/mol. The number of hydrogen-bond donors (Lipinski definition) is 2. The molecule has 30 heavy (non-hydrogen) atoms. The van der Waals surface area contributed by atoms with Crippen LogP contribution in [0.15, 0.2) is 52.1 Å². The van der Waals surface area contributed by atoms with E-state index in [-0.39, 0.29) is 23.0 Å². The minimum absolute atomic E-state index is 0.0676. The summed E-state index contributed by atoms with van der Waals surface area (Å²) < 4.78 is 7.37. The second-order valence-corrected chi connectivity index (χ2v) is 7.94. The number of para-hydroxylation sites is 1. The van der Waals surface area contributed by atoms with Gasteiger partial charge < -0.3 is 19.7 Å². The Kier molecular flexibility index (Phi) is 7.11. The molecule has 0 saturated carbocycles. The normalized spacial score (nSPS) is 10.6. The van der Waals surface area contributed by atoms with Gasteiger partial charge in [0, 0.05) is 11.0 Å². The zero-order valence-electron chi connectivity index (χ0n) is 16.3. The topological polar surface area (TPSA) is 106 Å². The summed E-state index contributed by atoms with van der Waals surface area (Å²) in [6.45, 7) is 2.49. The van der Waals surface area contributed by atoms with Gasteiger partial charge in [-0.05, 0) is 37.3 Å². The molecule has 0 bridgehead atoms. The van der Waals surface area contributed by atoms with Crippen molar-refractivity contribution in [2.24, 2.45) is 0 Å². The van der Waals surface area contributed by atoms with Gasteiger partial charge in [-0.3, -0.25) is 4.79 Å². The highest BCUT2D eigenvalue weighted by Crippen LogP contribution is 2.32. The third-order valence-electron chi connectivity index (χ3n) is 4.17. The van der Waals surface area contributed by atoms with E-state index in [0.29, 0.717) is 28.8 Å². The highest BCUT2D eigenvalue weighted by Gasteiger charge is 2.18. The van der Waals surface area contributed by atoms with E-state index in [9.17, 15) is 14.7 Å². The van der Waals surface area contributed by atoms with Gasteiger partial charge in [0.1, 0.15) is 5.75 Å². The molecule has 0 saturated heterocycles. The maximum absolute atomic E-state index is 12.4. The van der Waals surface area contributed by atoms with Gasteiger partial charge in [0.2, 0.25) is 5.91 Å². The summed E-state index contributed by atoms with van der Waals surface area (Å²) in [6.07, 6.45) is 0. The largest absolute Gasteiger partial charge is 0.507 e. The van der Waals surface area contributed by atoms with Gasteiger partial charge in [-0.25, -0.2) is 4.79 Å². The van der Waals surface area contributed by atoms with Crippen LogP contribution >= 0.6 is 27.7 Å². The summed E-state index contributed by atoms with van der Waals surface area (Å²) in [7, 11) is 1.29. The number of amides is 1. The molecule has 0 spiro atoms. The Morgan fingerprint density at radius 1 is 1.23 bits per heavy atom. The average Bonchev–Trinajstić information content (AvgIpc) is 3.16. The highest BCUT2D eigenvalue weighted by atomic mass is 79.9. The molecule has 0 aliphatic carbocycles. The van der Waals surface area contributed by atoms with E-state index >= 15 is 0 Å². The number of aromatic nitrogens is 3. The predicted molar refractivity (Wildman–Crippen MR) is 118 cm³/mol. The quantitative estimate of drug-likeness (QED) is 0.381. The third-order valence-corrected chi connectivity index (χ3v) is 5.63. The van der Waals surface area contributed by atoms with Crippen LogP contribution in [0.5, 0.6) is 5.75 Å². The molecule has 0 radical (unpaired) electrons. The number of hydrogen-bond acceptors (Lipinski definition) is 7.